The Labute approximate surface area is 210 Å². The van der Waals surface area contributed by atoms with Gasteiger partial charge in [0.2, 0.25) is 0 Å². The molecule has 3 aromatic rings. The number of rotatable bonds is 11. The molecule has 8 nitrogen and oxygen atoms in total. The lowest BCUT2D eigenvalue weighted by atomic mass is 10.2. The number of nitrogens with one attached hydrogen (secondary N) is 1. The minimum Gasteiger partial charge on any atom is -0.494 e. The molecule has 188 valence electrons. The Morgan fingerprint density at radius 3 is 2.33 bits per heavy atom. The first-order chi connectivity index (χ1) is 17.5. The Kier molecular flexibility index (Phi) is 8.28. The summed E-state index contributed by atoms with van der Waals surface area (Å²) in [6.45, 7) is 5.33. The van der Waals surface area contributed by atoms with Crippen LogP contribution in [0.5, 0.6) is 23.0 Å². The van der Waals surface area contributed by atoms with Crippen LogP contribution in [0.1, 0.15) is 18.9 Å². The van der Waals surface area contributed by atoms with Crippen molar-refractivity contribution in [1.82, 2.24) is 0 Å². The zero-order valence-electron chi connectivity index (χ0n) is 20.5. The molecule has 2 amide bonds. The molecule has 0 aliphatic carbocycles. The van der Waals surface area contributed by atoms with E-state index < -0.39 is 0 Å². The van der Waals surface area contributed by atoms with Crippen molar-refractivity contribution in [3.8, 4) is 23.0 Å². The fraction of sp³-hybridized carbons (Fsp3) is 0.286. The number of anilines is 2. The number of benzene rings is 3. The van der Waals surface area contributed by atoms with Crippen LogP contribution in [0.2, 0.25) is 0 Å². The van der Waals surface area contributed by atoms with Crippen molar-refractivity contribution in [3.63, 3.8) is 0 Å². The Bertz CT molecular complexity index is 1180. The molecular formula is C28H30N2O6. The molecule has 0 atom stereocenters. The third-order valence-electron chi connectivity index (χ3n) is 5.51. The molecule has 0 saturated carbocycles. The van der Waals surface area contributed by atoms with Gasteiger partial charge in [0, 0.05) is 18.3 Å². The lowest BCUT2D eigenvalue weighted by Gasteiger charge is -2.29. The van der Waals surface area contributed by atoms with Crippen molar-refractivity contribution < 1.29 is 28.5 Å². The van der Waals surface area contributed by atoms with Gasteiger partial charge < -0.3 is 29.2 Å². The van der Waals surface area contributed by atoms with E-state index in [1.54, 1.807) is 47.4 Å². The van der Waals surface area contributed by atoms with E-state index in [0.717, 1.165) is 11.5 Å². The number of hydrogen-bond donors (Lipinski definition) is 1. The first-order valence-electron chi connectivity index (χ1n) is 11.9. The summed E-state index contributed by atoms with van der Waals surface area (Å²) in [4.78, 5) is 26.5. The number of amides is 2. The molecule has 4 rings (SSSR count). The van der Waals surface area contributed by atoms with Crippen LogP contribution in [0.25, 0.3) is 0 Å². The van der Waals surface area contributed by atoms with E-state index >= 15 is 0 Å². The standard InChI is InChI=1S/C28H30N2O6/c1-3-33-22-10-12-24(13-11-22)35-18-27(31)29-21-7-14-25-26(17-21)36-19-28(32)30(25)15-4-16-34-23-8-5-20(2)6-9-23/h5-14,17H,3-4,15-16,18-19H2,1-2H3,(H,29,31). The van der Waals surface area contributed by atoms with Gasteiger partial charge in [-0.05, 0) is 68.8 Å². The molecule has 0 bridgehead atoms. The molecule has 0 fully saturated rings. The van der Waals surface area contributed by atoms with E-state index in [4.69, 9.17) is 18.9 Å². The minimum absolute atomic E-state index is 0.0515. The third-order valence-corrected chi connectivity index (χ3v) is 5.51. The van der Waals surface area contributed by atoms with Gasteiger partial charge in [-0.3, -0.25) is 9.59 Å². The van der Waals surface area contributed by atoms with Crippen molar-refractivity contribution in [2.45, 2.75) is 20.3 Å². The van der Waals surface area contributed by atoms with Crippen LogP contribution in [0.15, 0.2) is 66.7 Å². The second kappa shape index (κ2) is 12.0. The Morgan fingerprint density at radius 2 is 1.61 bits per heavy atom. The van der Waals surface area contributed by atoms with Gasteiger partial charge in [-0.1, -0.05) is 17.7 Å². The molecule has 1 N–H and O–H groups in total. The number of aryl methyl sites for hydroxylation is 1. The average molecular weight is 491 g/mol. The van der Waals surface area contributed by atoms with Crippen molar-refractivity contribution in [3.05, 3.63) is 72.3 Å². The van der Waals surface area contributed by atoms with Crippen LogP contribution in [-0.4, -0.2) is 44.8 Å². The minimum atomic E-state index is -0.305. The molecule has 0 radical (unpaired) electrons. The molecule has 1 heterocycles. The van der Waals surface area contributed by atoms with Crippen LogP contribution < -0.4 is 29.2 Å². The predicted molar refractivity (Wildman–Crippen MR) is 137 cm³/mol. The van der Waals surface area contributed by atoms with E-state index in [1.165, 1.54) is 5.56 Å². The maximum absolute atomic E-state index is 12.5. The molecule has 1 aliphatic heterocycles. The summed E-state index contributed by atoms with van der Waals surface area (Å²) in [6.07, 6.45) is 0.667. The largest absolute Gasteiger partial charge is 0.494 e. The zero-order chi connectivity index (χ0) is 25.3. The first-order valence-corrected chi connectivity index (χ1v) is 11.9. The van der Waals surface area contributed by atoms with Gasteiger partial charge >= 0.3 is 0 Å². The predicted octanol–water partition coefficient (Wildman–Crippen LogP) is 4.61. The number of fused-ring (bicyclic) bond motifs is 1. The normalized spacial score (nSPS) is 12.4. The Morgan fingerprint density at radius 1 is 0.944 bits per heavy atom. The van der Waals surface area contributed by atoms with Crippen molar-refractivity contribution in [2.24, 2.45) is 0 Å². The quantitative estimate of drug-likeness (QED) is 0.395. The van der Waals surface area contributed by atoms with Crippen LogP contribution in [0.4, 0.5) is 11.4 Å². The molecule has 3 aromatic carbocycles. The fourth-order valence-electron chi connectivity index (χ4n) is 3.72. The maximum atomic E-state index is 12.5. The molecule has 0 aromatic heterocycles. The number of carbonyl (C=O) groups excluding carboxylic acids is 2. The van der Waals surface area contributed by atoms with Gasteiger partial charge in [0.05, 0.1) is 18.9 Å². The van der Waals surface area contributed by atoms with Gasteiger partial charge in [0.25, 0.3) is 11.8 Å². The second-order valence-corrected chi connectivity index (χ2v) is 8.27. The first kappa shape index (κ1) is 24.9. The van der Waals surface area contributed by atoms with E-state index in [9.17, 15) is 9.59 Å². The number of carbonyl (C=O) groups is 2. The summed E-state index contributed by atoms with van der Waals surface area (Å²) in [5.41, 5.74) is 2.41. The Hall–Kier alpha value is -4.20. The fourth-order valence-corrected chi connectivity index (χ4v) is 3.72. The lowest BCUT2D eigenvalue weighted by Crippen LogP contribution is -2.39. The van der Waals surface area contributed by atoms with Crippen LogP contribution >= 0.6 is 0 Å². The molecular weight excluding hydrogens is 460 g/mol. The molecule has 0 spiro atoms. The highest BCUT2D eigenvalue weighted by atomic mass is 16.5. The van der Waals surface area contributed by atoms with Crippen LogP contribution in [0, 0.1) is 6.92 Å². The smallest absolute Gasteiger partial charge is 0.265 e. The number of ether oxygens (including phenoxy) is 4. The van der Waals surface area contributed by atoms with E-state index in [2.05, 4.69) is 5.32 Å². The molecule has 0 saturated heterocycles. The van der Waals surface area contributed by atoms with E-state index in [-0.39, 0.29) is 25.0 Å². The summed E-state index contributed by atoms with van der Waals surface area (Å²) in [5.74, 6) is 2.25. The third kappa shape index (κ3) is 6.69. The van der Waals surface area contributed by atoms with E-state index in [0.29, 0.717) is 49.1 Å². The highest BCUT2D eigenvalue weighted by Crippen LogP contribution is 2.34. The van der Waals surface area contributed by atoms with Gasteiger partial charge in [-0.15, -0.1) is 0 Å². The van der Waals surface area contributed by atoms with Gasteiger partial charge in [-0.2, -0.15) is 0 Å². The summed E-state index contributed by atoms with van der Waals surface area (Å²) < 4.78 is 22.3. The zero-order valence-corrected chi connectivity index (χ0v) is 20.5. The van der Waals surface area contributed by atoms with E-state index in [1.807, 2.05) is 38.1 Å². The Balaban J connectivity index is 1.28. The number of nitrogens with zero attached hydrogens (tertiary/aromatic N) is 1. The summed E-state index contributed by atoms with van der Waals surface area (Å²) in [5, 5.41) is 2.80. The SMILES string of the molecule is CCOc1ccc(OCC(=O)Nc2ccc3c(c2)OCC(=O)N3CCCOc2ccc(C)cc2)cc1. The molecule has 36 heavy (non-hydrogen) atoms. The van der Waals surface area contributed by atoms with Gasteiger partial charge in [0.15, 0.2) is 13.2 Å². The summed E-state index contributed by atoms with van der Waals surface area (Å²) in [7, 11) is 0. The van der Waals surface area contributed by atoms with Crippen LogP contribution in [-0.2, 0) is 9.59 Å². The molecule has 0 unspecified atom stereocenters. The summed E-state index contributed by atoms with van der Waals surface area (Å²) in [6, 6.07) is 20.2. The van der Waals surface area contributed by atoms with Gasteiger partial charge in [0.1, 0.15) is 23.0 Å². The second-order valence-electron chi connectivity index (χ2n) is 8.27. The lowest BCUT2D eigenvalue weighted by molar-refractivity contribution is -0.121. The average Bonchev–Trinajstić information content (AvgIpc) is 2.88. The molecule has 8 heteroatoms. The highest BCUT2D eigenvalue weighted by Gasteiger charge is 2.25. The van der Waals surface area contributed by atoms with Crippen LogP contribution in [0.3, 0.4) is 0 Å². The topological polar surface area (TPSA) is 86.3 Å². The summed E-state index contributed by atoms with van der Waals surface area (Å²) >= 11 is 0. The number of hydrogen-bond acceptors (Lipinski definition) is 6. The van der Waals surface area contributed by atoms with Gasteiger partial charge in [-0.25, -0.2) is 0 Å². The maximum Gasteiger partial charge on any atom is 0.265 e. The van der Waals surface area contributed by atoms with Crippen molar-refractivity contribution in [2.75, 3.05) is 43.2 Å². The van der Waals surface area contributed by atoms with Crippen molar-refractivity contribution in [1.29, 1.82) is 0 Å². The monoisotopic (exact) mass is 490 g/mol. The molecule has 1 aliphatic rings. The highest BCUT2D eigenvalue weighted by molar-refractivity contribution is 5.99. The van der Waals surface area contributed by atoms with Crippen molar-refractivity contribution >= 4 is 23.2 Å².